The van der Waals surface area contributed by atoms with Gasteiger partial charge in [-0.25, -0.2) is 4.39 Å². The van der Waals surface area contributed by atoms with E-state index < -0.39 is 16.4 Å². The standard InChI is InChI=1S/C7H6ClFN2O2/c1-3-6(8)4(9)2-5(7(3)10)11(12)13/h2H,10H2,1H3. The third kappa shape index (κ3) is 1.55. The van der Waals surface area contributed by atoms with Gasteiger partial charge in [-0.2, -0.15) is 0 Å². The summed E-state index contributed by atoms with van der Waals surface area (Å²) >= 11 is 5.48. The second-order valence-corrected chi connectivity index (χ2v) is 2.87. The van der Waals surface area contributed by atoms with Crippen molar-refractivity contribution < 1.29 is 9.31 Å². The summed E-state index contributed by atoms with van der Waals surface area (Å²) in [5.74, 6) is -0.833. The van der Waals surface area contributed by atoms with Gasteiger partial charge in [0.15, 0.2) is 0 Å². The van der Waals surface area contributed by atoms with Crippen molar-refractivity contribution in [3.05, 3.63) is 32.6 Å². The van der Waals surface area contributed by atoms with Crippen molar-refractivity contribution in [1.29, 1.82) is 0 Å². The quantitative estimate of drug-likeness (QED) is 0.433. The molecule has 0 aliphatic carbocycles. The van der Waals surface area contributed by atoms with Gasteiger partial charge < -0.3 is 5.73 Å². The first-order chi connectivity index (χ1) is 5.95. The lowest BCUT2D eigenvalue weighted by atomic mass is 10.1. The van der Waals surface area contributed by atoms with Gasteiger partial charge in [-0.05, 0) is 6.92 Å². The maximum absolute atomic E-state index is 12.9. The van der Waals surface area contributed by atoms with Gasteiger partial charge in [-0.1, -0.05) is 11.6 Å². The summed E-state index contributed by atoms with van der Waals surface area (Å²) in [5.41, 5.74) is 4.99. The minimum absolute atomic E-state index is 0.101. The molecule has 2 N–H and O–H groups in total. The van der Waals surface area contributed by atoms with Crippen molar-refractivity contribution in [2.24, 2.45) is 0 Å². The number of nitro benzene ring substituents is 1. The van der Waals surface area contributed by atoms with Crippen LogP contribution < -0.4 is 5.73 Å². The number of nitrogens with two attached hydrogens (primary N) is 1. The fourth-order valence-corrected chi connectivity index (χ4v) is 1.06. The Hall–Kier alpha value is -1.36. The summed E-state index contributed by atoms with van der Waals surface area (Å²) in [6.07, 6.45) is 0. The Kier molecular flexibility index (Phi) is 2.38. The smallest absolute Gasteiger partial charge is 0.295 e. The van der Waals surface area contributed by atoms with Crippen LogP contribution in [-0.2, 0) is 0 Å². The molecule has 0 fully saturated rings. The highest BCUT2D eigenvalue weighted by atomic mass is 35.5. The van der Waals surface area contributed by atoms with Crippen LogP contribution in [0.4, 0.5) is 15.8 Å². The molecule has 4 nitrogen and oxygen atoms in total. The first-order valence-corrected chi connectivity index (χ1v) is 3.71. The highest BCUT2D eigenvalue weighted by molar-refractivity contribution is 6.32. The molecule has 0 amide bonds. The highest BCUT2D eigenvalue weighted by Crippen LogP contribution is 2.32. The maximum atomic E-state index is 12.9. The second kappa shape index (κ2) is 3.18. The number of nitrogen functional groups attached to an aromatic ring is 1. The van der Waals surface area contributed by atoms with E-state index in [2.05, 4.69) is 0 Å². The van der Waals surface area contributed by atoms with Crippen LogP contribution in [0.3, 0.4) is 0 Å². The van der Waals surface area contributed by atoms with E-state index in [4.69, 9.17) is 17.3 Å². The molecule has 0 unspecified atom stereocenters. The first-order valence-electron chi connectivity index (χ1n) is 3.33. The molecule has 0 spiro atoms. The van der Waals surface area contributed by atoms with Gasteiger partial charge in [0.2, 0.25) is 0 Å². The molecule has 0 saturated carbocycles. The fraction of sp³-hybridized carbons (Fsp3) is 0.143. The van der Waals surface area contributed by atoms with Crippen molar-refractivity contribution in [3.63, 3.8) is 0 Å². The monoisotopic (exact) mass is 204 g/mol. The summed E-state index contributed by atoms with van der Waals surface area (Å²) in [5, 5.41) is 10.2. The van der Waals surface area contributed by atoms with Crippen LogP contribution in [0, 0.1) is 22.9 Å². The van der Waals surface area contributed by atoms with Crippen molar-refractivity contribution in [2.45, 2.75) is 6.92 Å². The lowest BCUT2D eigenvalue weighted by Crippen LogP contribution is -2.00. The predicted octanol–water partition coefficient (Wildman–Crippen LogP) is 2.28. The van der Waals surface area contributed by atoms with Crippen molar-refractivity contribution in [1.82, 2.24) is 0 Å². The summed E-state index contributed by atoms with van der Waals surface area (Å²) < 4.78 is 12.9. The van der Waals surface area contributed by atoms with E-state index in [1.54, 1.807) is 0 Å². The molecule has 13 heavy (non-hydrogen) atoms. The number of nitrogens with zero attached hydrogens (tertiary/aromatic N) is 1. The first kappa shape index (κ1) is 9.73. The average molecular weight is 205 g/mol. The maximum Gasteiger partial charge on any atom is 0.295 e. The molecule has 0 radical (unpaired) electrons. The van der Waals surface area contributed by atoms with Gasteiger partial charge >= 0.3 is 0 Å². The molecule has 0 bridgehead atoms. The van der Waals surface area contributed by atoms with Crippen molar-refractivity contribution >= 4 is 23.0 Å². The van der Waals surface area contributed by atoms with Crippen molar-refractivity contribution in [2.75, 3.05) is 5.73 Å². The number of anilines is 1. The minimum atomic E-state index is -0.833. The zero-order valence-electron chi connectivity index (χ0n) is 6.67. The average Bonchev–Trinajstić information content (AvgIpc) is 2.07. The number of hydrogen-bond donors (Lipinski definition) is 1. The molecule has 0 heterocycles. The van der Waals surface area contributed by atoms with E-state index in [9.17, 15) is 14.5 Å². The van der Waals surface area contributed by atoms with Crippen LogP contribution >= 0.6 is 11.6 Å². The number of benzene rings is 1. The zero-order chi connectivity index (χ0) is 10.2. The molecule has 0 aliphatic heterocycles. The number of nitro groups is 1. The molecule has 0 atom stereocenters. The molecule has 0 aromatic heterocycles. The van der Waals surface area contributed by atoms with Crippen LogP contribution in [0.15, 0.2) is 6.07 Å². The third-order valence-corrected chi connectivity index (χ3v) is 2.14. The molecular weight excluding hydrogens is 199 g/mol. The molecular formula is C7H6ClFN2O2. The van der Waals surface area contributed by atoms with E-state index in [1.807, 2.05) is 0 Å². The molecule has 0 saturated heterocycles. The van der Waals surface area contributed by atoms with Gasteiger partial charge in [-0.15, -0.1) is 0 Å². The molecule has 1 aromatic rings. The molecule has 70 valence electrons. The van der Waals surface area contributed by atoms with Crippen LogP contribution in [0.25, 0.3) is 0 Å². The Morgan fingerprint density at radius 2 is 2.23 bits per heavy atom. The van der Waals surface area contributed by atoms with E-state index in [0.717, 1.165) is 0 Å². The summed E-state index contributed by atoms with van der Waals surface area (Å²) in [6.45, 7) is 1.42. The Morgan fingerprint density at radius 3 is 2.69 bits per heavy atom. The number of hydrogen-bond acceptors (Lipinski definition) is 3. The zero-order valence-corrected chi connectivity index (χ0v) is 7.43. The van der Waals surface area contributed by atoms with Gasteiger partial charge in [0.25, 0.3) is 5.69 Å². The summed E-state index contributed by atoms with van der Waals surface area (Å²) in [6, 6.07) is 0.713. The predicted molar refractivity (Wildman–Crippen MR) is 47.2 cm³/mol. The lowest BCUT2D eigenvalue weighted by molar-refractivity contribution is -0.384. The van der Waals surface area contributed by atoms with E-state index in [-0.39, 0.29) is 16.3 Å². The third-order valence-electron chi connectivity index (χ3n) is 1.68. The molecule has 0 aliphatic rings. The normalized spacial score (nSPS) is 10.1. The van der Waals surface area contributed by atoms with Gasteiger partial charge in [0, 0.05) is 5.56 Å². The lowest BCUT2D eigenvalue weighted by Gasteiger charge is -2.03. The fourth-order valence-electron chi connectivity index (χ4n) is 0.902. The second-order valence-electron chi connectivity index (χ2n) is 2.49. The summed E-state index contributed by atoms with van der Waals surface area (Å²) in [4.78, 5) is 9.61. The van der Waals surface area contributed by atoms with Gasteiger partial charge in [-0.3, -0.25) is 10.1 Å². The minimum Gasteiger partial charge on any atom is -0.393 e. The summed E-state index contributed by atoms with van der Waals surface area (Å²) in [7, 11) is 0. The Labute approximate surface area is 78.3 Å². The van der Waals surface area contributed by atoms with Gasteiger partial charge in [0.1, 0.15) is 11.5 Å². The van der Waals surface area contributed by atoms with E-state index in [1.165, 1.54) is 6.92 Å². The van der Waals surface area contributed by atoms with Crippen LogP contribution in [0.1, 0.15) is 5.56 Å². The van der Waals surface area contributed by atoms with Crippen molar-refractivity contribution in [3.8, 4) is 0 Å². The molecule has 1 rings (SSSR count). The van der Waals surface area contributed by atoms with Crippen LogP contribution in [0.5, 0.6) is 0 Å². The van der Waals surface area contributed by atoms with E-state index in [0.29, 0.717) is 6.07 Å². The molecule has 1 aromatic carbocycles. The largest absolute Gasteiger partial charge is 0.393 e. The molecule has 6 heteroatoms. The number of halogens is 2. The van der Waals surface area contributed by atoms with E-state index >= 15 is 0 Å². The topological polar surface area (TPSA) is 69.2 Å². The van der Waals surface area contributed by atoms with Crippen LogP contribution in [-0.4, -0.2) is 4.92 Å². The van der Waals surface area contributed by atoms with Crippen LogP contribution in [0.2, 0.25) is 5.02 Å². The Morgan fingerprint density at radius 1 is 1.69 bits per heavy atom. The Balaban J connectivity index is 3.50. The SMILES string of the molecule is Cc1c(N)c([N+](=O)[O-])cc(F)c1Cl. The highest BCUT2D eigenvalue weighted by Gasteiger charge is 2.19. The van der Waals surface area contributed by atoms with Gasteiger partial charge in [0.05, 0.1) is 16.0 Å². The Bertz CT molecular complexity index is 381. The number of rotatable bonds is 1.